The first-order valence-electron chi connectivity index (χ1n) is 12.2. The number of hydrogen-bond donors (Lipinski definition) is 1. The van der Waals surface area contributed by atoms with E-state index in [1.165, 1.54) is 12.1 Å². The second-order valence-electron chi connectivity index (χ2n) is 8.61. The summed E-state index contributed by atoms with van der Waals surface area (Å²) in [5.74, 6) is -0.570. The third-order valence-corrected chi connectivity index (χ3v) is 5.92. The van der Waals surface area contributed by atoms with Crippen LogP contribution < -0.4 is 14.8 Å². The quantitative estimate of drug-likeness (QED) is 0.379. The minimum atomic E-state index is -4.89. The number of rotatable bonds is 7. The average Bonchev–Trinajstić information content (AvgIpc) is 2.89. The Labute approximate surface area is 218 Å². The van der Waals surface area contributed by atoms with E-state index < -0.39 is 18.0 Å². The number of ether oxygens (including phenoxy) is 3. The van der Waals surface area contributed by atoms with Crippen LogP contribution in [0, 0.1) is 0 Å². The van der Waals surface area contributed by atoms with E-state index in [9.17, 15) is 22.8 Å². The lowest BCUT2D eigenvalue weighted by Crippen LogP contribution is -2.42. The topological polar surface area (TPSA) is 77.1 Å². The van der Waals surface area contributed by atoms with Gasteiger partial charge in [0.25, 0.3) is 5.91 Å². The van der Waals surface area contributed by atoms with Crippen LogP contribution in [0.15, 0.2) is 72.8 Å². The van der Waals surface area contributed by atoms with E-state index >= 15 is 0 Å². The number of likely N-dealkylation sites (tertiary alicyclic amines) is 1. The van der Waals surface area contributed by atoms with Gasteiger partial charge in [0.15, 0.2) is 0 Å². The number of benzene rings is 3. The molecule has 10 heteroatoms. The van der Waals surface area contributed by atoms with Crippen molar-refractivity contribution in [1.82, 2.24) is 4.90 Å². The molecule has 0 radical (unpaired) electrons. The van der Waals surface area contributed by atoms with Crippen LogP contribution in [0.4, 0.5) is 23.7 Å². The van der Waals surface area contributed by atoms with Gasteiger partial charge in [-0.1, -0.05) is 36.4 Å². The largest absolute Gasteiger partial charge is 0.573 e. The summed E-state index contributed by atoms with van der Waals surface area (Å²) in [4.78, 5) is 26.8. The zero-order chi connectivity index (χ0) is 27.1. The minimum absolute atomic E-state index is 0.0237. The summed E-state index contributed by atoms with van der Waals surface area (Å²) < 4.78 is 53.6. The molecule has 0 saturated carbocycles. The molecule has 1 N–H and O–H groups in total. The molecule has 3 aromatic rings. The van der Waals surface area contributed by atoms with Crippen molar-refractivity contribution in [3.8, 4) is 22.6 Å². The van der Waals surface area contributed by atoms with Crippen molar-refractivity contribution < 1.29 is 37.0 Å². The van der Waals surface area contributed by atoms with Gasteiger partial charge in [-0.15, -0.1) is 13.2 Å². The van der Waals surface area contributed by atoms with Gasteiger partial charge in [-0.2, -0.15) is 0 Å². The fourth-order valence-electron chi connectivity index (χ4n) is 4.19. The van der Waals surface area contributed by atoms with Gasteiger partial charge in [-0.05, 0) is 48.4 Å². The molecule has 4 rings (SSSR count). The lowest BCUT2D eigenvalue weighted by molar-refractivity contribution is -0.274. The summed E-state index contributed by atoms with van der Waals surface area (Å²) >= 11 is 0. The Morgan fingerprint density at radius 3 is 2.37 bits per heavy atom. The molecule has 0 aromatic heterocycles. The van der Waals surface area contributed by atoms with Crippen molar-refractivity contribution in [2.75, 3.05) is 25.0 Å². The van der Waals surface area contributed by atoms with Crippen molar-refractivity contribution in [2.24, 2.45) is 0 Å². The summed E-state index contributed by atoms with van der Waals surface area (Å²) in [7, 11) is 0. The number of hydrogen-bond acceptors (Lipinski definition) is 5. The number of alkyl halides is 3. The van der Waals surface area contributed by atoms with Gasteiger partial charge in [0, 0.05) is 37.7 Å². The maximum atomic E-state index is 13.2. The Kier molecular flexibility index (Phi) is 8.40. The van der Waals surface area contributed by atoms with Crippen LogP contribution in [0.1, 0.15) is 30.1 Å². The molecule has 0 aliphatic carbocycles. The maximum Gasteiger partial charge on any atom is 0.573 e. The van der Waals surface area contributed by atoms with Crippen LogP contribution in [0.25, 0.3) is 11.1 Å². The normalized spacial score (nSPS) is 14.1. The molecule has 0 spiro atoms. The molecule has 38 heavy (non-hydrogen) atoms. The van der Waals surface area contributed by atoms with Gasteiger partial charge in [0.1, 0.15) is 17.6 Å². The second-order valence-corrected chi connectivity index (χ2v) is 8.61. The van der Waals surface area contributed by atoms with Crippen LogP contribution in [-0.2, 0) is 4.74 Å². The van der Waals surface area contributed by atoms with E-state index in [-0.39, 0.29) is 17.8 Å². The summed E-state index contributed by atoms with van der Waals surface area (Å²) in [6.07, 6.45) is -4.09. The van der Waals surface area contributed by atoms with E-state index in [2.05, 4.69) is 10.1 Å². The second kappa shape index (κ2) is 11.9. The SMILES string of the molecule is CCOC(=O)N1CCC(Oc2cccc(NC(=O)c3cc(OC(F)(F)F)ccc3-c3ccccc3)c2)CC1. The predicted octanol–water partition coefficient (Wildman–Crippen LogP) is 6.50. The number of nitrogens with zero attached hydrogens (tertiary/aromatic N) is 1. The number of carbonyl (C=O) groups is 2. The first-order valence-corrected chi connectivity index (χ1v) is 12.2. The van der Waals surface area contributed by atoms with Crippen molar-refractivity contribution in [2.45, 2.75) is 32.2 Å². The molecule has 1 heterocycles. The molecule has 0 bridgehead atoms. The number of anilines is 1. The lowest BCUT2D eigenvalue weighted by Gasteiger charge is -2.31. The minimum Gasteiger partial charge on any atom is -0.490 e. The van der Waals surface area contributed by atoms with Crippen molar-refractivity contribution in [3.05, 3.63) is 78.4 Å². The fraction of sp³-hybridized carbons (Fsp3) is 0.286. The highest BCUT2D eigenvalue weighted by molar-refractivity contribution is 6.09. The smallest absolute Gasteiger partial charge is 0.490 e. The van der Waals surface area contributed by atoms with Gasteiger partial charge in [0.05, 0.1) is 12.2 Å². The molecule has 0 unspecified atom stereocenters. The highest BCUT2D eigenvalue weighted by Crippen LogP contribution is 2.31. The molecule has 7 nitrogen and oxygen atoms in total. The highest BCUT2D eigenvalue weighted by atomic mass is 19.4. The fourth-order valence-corrected chi connectivity index (χ4v) is 4.19. The van der Waals surface area contributed by atoms with Crippen LogP contribution in [0.2, 0.25) is 0 Å². The van der Waals surface area contributed by atoms with Crippen LogP contribution in [-0.4, -0.2) is 49.1 Å². The van der Waals surface area contributed by atoms with Crippen LogP contribution >= 0.6 is 0 Å². The van der Waals surface area contributed by atoms with E-state index in [0.717, 1.165) is 6.07 Å². The number of halogens is 3. The summed E-state index contributed by atoms with van der Waals surface area (Å²) in [5, 5.41) is 2.75. The number of nitrogens with one attached hydrogen (secondary N) is 1. The van der Waals surface area contributed by atoms with E-state index in [4.69, 9.17) is 9.47 Å². The summed E-state index contributed by atoms with van der Waals surface area (Å²) in [6, 6.07) is 19.3. The highest BCUT2D eigenvalue weighted by Gasteiger charge is 2.31. The molecule has 2 amide bonds. The van der Waals surface area contributed by atoms with Gasteiger partial charge < -0.3 is 24.4 Å². The molecule has 3 aromatic carbocycles. The van der Waals surface area contributed by atoms with Gasteiger partial charge in [-0.25, -0.2) is 4.79 Å². The Morgan fingerprint density at radius 2 is 1.68 bits per heavy atom. The Bertz CT molecular complexity index is 1260. The van der Waals surface area contributed by atoms with Gasteiger partial charge >= 0.3 is 12.5 Å². The molecule has 1 aliphatic rings. The summed E-state index contributed by atoms with van der Waals surface area (Å²) in [5.41, 5.74) is 1.56. The molecular formula is C28H27F3N2O5. The monoisotopic (exact) mass is 528 g/mol. The van der Waals surface area contributed by atoms with Crippen molar-refractivity contribution >= 4 is 17.7 Å². The standard InChI is InChI=1S/C28H27F3N2O5/c1-2-36-27(35)33-15-13-21(14-16-33)37-22-10-6-9-20(17-22)32-26(34)25-18-23(38-28(29,30)31)11-12-24(25)19-7-4-3-5-8-19/h3-12,17-18,21H,2,13-16H2,1H3,(H,32,34). The van der Waals surface area contributed by atoms with E-state index in [1.807, 2.05) is 0 Å². The predicted molar refractivity (Wildman–Crippen MR) is 135 cm³/mol. The van der Waals surface area contributed by atoms with Gasteiger partial charge in [0.2, 0.25) is 0 Å². The molecule has 1 saturated heterocycles. The maximum absolute atomic E-state index is 13.2. The average molecular weight is 529 g/mol. The third kappa shape index (κ3) is 7.18. The Balaban J connectivity index is 1.48. The first-order chi connectivity index (χ1) is 18.2. The number of carbonyl (C=O) groups excluding carboxylic acids is 2. The Morgan fingerprint density at radius 1 is 0.947 bits per heavy atom. The van der Waals surface area contributed by atoms with Crippen LogP contribution in [0.3, 0.4) is 0 Å². The number of piperidine rings is 1. The molecule has 0 atom stereocenters. The number of amides is 2. The van der Waals surface area contributed by atoms with Crippen LogP contribution in [0.5, 0.6) is 11.5 Å². The van der Waals surface area contributed by atoms with Crippen molar-refractivity contribution in [3.63, 3.8) is 0 Å². The summed E-state index contributed by atoms with van der Waals surface area (Å²) in [6.45, 7) is 3.10. The molecule has 200 valence electrons. The molecule has 1 fully saturated rings. The molecule has 1 aliphatic heterocycles. The van der Waals surface area contributed by atoms with Gasteiger partial charge in [-0.3, -0.25) is 4.79 Å². The first kappa shape index (κ1) is 26.8. The van der Waals surface area contributed by atoms with Crippen molar-refractivity contribution in [1.29, 1.82) is 0 Å². The zero-order valence-corrected chi connectivity index (χ0v) is 20.7. The molecular weight excluding hydrogens is 501 g/mol. The Hall–Kier alpha value is -4.21. The lowest BCUT2D eigenvalue weighted by atomic mass is 9.98. The van der Waals surface area contributed by atoms with E-state index in [1.54, 1.807) is 66.4 Å². The zero-order valence-electron chi connectivity index (χ0n) is 20.7. The third-order valence-electron chi connectivity index (χ3n) is 5.92. The van der Waals surface area contributed by atoms with E-state index in [0.29, 0.717) is 55.1 Å².